The number of esters is 1. The van der Waals surface area contributed by atoms with Crippen LogP contribution in [0.3, 0.4) is 0 Å². The fourth-order valence-corrected chi connectivity index (χ4v) is 2.42. The number of hydrogen-bond acceptors (Lipinski definition) is 3. The number of rotatable bonds is 9. The molecule has 0 saturated heterocycles. The Morgan fingerprint density at radius 1 is 0.826 bits per heavy atom. The van der Waals surface area contributed by atoms with E-state index in [0.717, 1.165) is 36.8 Å². The Morgan fingerprint density at radius 3 is 2.17 bits per heavy atom. The van der Waals surface area contributed by atoms with Gasteiger partial charge in [0.25, 0.3) is 0 Å². The second-order valence-electron chi connectivity index (χ2n) is 5.60. The van der Waals surface area contributed by atoms with E-state index in [-0.39, 0.29) is 12.6 Å². The molecule has 0 aliphatic heterocycles. The van der Waals surface area contributed by atoms with Crippen molar-refractivity contribution in [3.05, 3.63) is 60.2 Å². The van der Waals surface area contributed by atoms with Gasteiger partial charge in [-0.3, -0.25) is 4.79 Å². The minimum Gasteiger partial charge on any atom is -0.465 e. The maximum Gasteiger partial charge on any atom is 0.310 e. The number of aliphatic hydroxyl groups is 1. The molecule has 1 N–H and O–H groups in total. The fraction of sp³-hybridized carbons (Fsp3) is 0.350. The average Bonchev–Trinajstić information content (AvgIpc) is 2.59. The minimum atomic E-state index is -0.181. The van der Waals surface area contributed by atoms with E-state index in [9.17, 15) is 4.79 Å². The summed E-state index contributed by atoms with van der Waals surface area (Å²) in [6, 6.07) is 18.2. The molecule has 3 nitrogen and oxygen atoms in total. The van der Waals surface area contributed by atoms with E-state index in [1.807, 2.05) is 42.5 Å². The third kappa shape index (κ3) is 6.25. The highest BCUT2D eigenvalue weighted by Crippen LogP contribution is 2.19. The summed E-state index contributed by atoms with van der Waals surface area (Å²) in [5.41, 5.74) is 3.28. The van der Waals surface area contributed by atoms with Crippen LogP contribution in [0.5, 0.6) is 0 Å². The predicted molar refractivity (Wildman–Crippen MR) is 92.1 cm³/mol. The van der Waals surface area contributed by atoms with Crippen LogP contribution in [-0.4, -0.2) is 24.3 Å². The van der Waals surface area contributed by atoms with Crippen LogP contribution < -0.4 is 0 Å². The van der Waals surface area contributed by atoms with E-state index < -0.39 is 0 Å². The Hall–Kier alpha value is -2.13. The summed E-state index contributed by atoms with van der Waals surface area (Å²) < 4.78 is 5.24. The fourth-order valence-electron chi connectivity index (χ4n) is 2.42. The zero-order chi connectivity index (χ0) is 16.3. The van der Waals surface area contributed by atoms with Crippen LogP contribution in [0.1, 0.15) is 31.2 Å². The van der Waals surface area contributed by atoms with E-state index in [4.69, 9.17) is 9.84 Å². The molecule has 0 aliphatic carbocycles. The van der Waals surface area contributed by atoms with Crippen LogP contribution in [0.25, 0.3) is 11.1 Å². The summed E-state index contributed by atoms with van der Waals surface area (Å²) in [5.74, 6) is -0.181. The lowest BCUT2D eigenvalue weighted by atomic mass is 10.0. The maximum absolute atomic E-state index is 11.8. The molecule has 0 aromatic heterocycles. The number of carbonyl (C=O) groups excluding carboxylic acids is 1. The molecule has 0 amide bonds. The van der Waals surface area contributed by atoms with Crippen molar-refractivity contribution in [1.29, 1.82) is 0 Å². The van der Waals surface area contributed by atoms with Gasteiger partial charge in [0, 0.05) is 6.61 Å². The Morgan fingerprint density at radius 2 is 1.48 bits per heavy atom. The Balaban J connectivity index is 1.74. The van der Waals surface area contributed by atoms with Crippen molar-refractivity contribution >= 4 is 5.97 Å². The minimum absolute atomic E-state index is 0.181. The molecule has 2 aromatic carbocycles. The molecule has 0 aliphatic rings. The van der Waals surface area contributed by atoms with Crippen LogP contribution in [0.4, 0.5) is 0 Å². The summed E-state index contributed by atoms with van der Waals surface area (Å²) in [6.45, 7) is 0.700. The summed E-state index contributed by atoms with van der Waals surface area (Å²) in [6.07, 6.45) is 3.96. The summed E-state index contributed by atoms with van der Waals surface area (Å²) in [4.78, 5) is 11.8. The van der Waals surface area contributed by atoms with Crippen molar-refractivity contribution in [1.82, 2.24) is 0 Å². The van der Waals surface area contributed by atoms with E-state index in [1.165, 1.54) is 5.56 Å². The number of carbonyl (C=O) groups is 1. The van der Waals surface area contributed by atoms with E-state index in [1.54, 1.807) is 0 Å². The zero-order valence-electron chi connectivity index (χ0n) is 13.4. The molecule has 0 unspecified atom stereocenters. The molecule has 2 aromatic rings. The number of aliphatic hydroxyl groups excluding tert-OH is 1. The van der Waals surface area contributed by atoms with Gasteiger partial charge in [-0.2, -0.15) is 0 Å². The van der Waals surface area contributed by atoms with Crippen molar-refractivity contribution in [3.63, 3.8) is 0 Å². The molecule has 2 rings (SSSR count). The first-order valence-corrected chi connectivity index (χ1v) is 8.20. The van der Waals surface area contributed by atoms with Gasteiger partial charge in [-0.05, 0) is 36.0 Å². The Kier molecular flexibility index (Phi) is 7.34. The Labute approximate surface area is 137 Å². The van der Waals surface area contributed by atoms with Gasteiger partial charge in [-0.1, -0.05) is 61.0 Å². The third-order valence-electron chi connectivity index (χ3n) is 3.73. The lowest BCUT2D eigenvalue weighted by molar-refractivity contribution is -0.142. The van der Waals surface area contributed by atoms with Gasteiger partial charge in [-0.15, -0.1) is 0 Å². The van der Waals surface area contributed by atoms with Crippen molar-refractivity contribution in [2.45, 2.75) is 32.1 Å². The largest absolute Gasteiger partial charge is 0.465 e. The van der Waals surface area contributed by atoms with Gasteiger partial charge in [0.2, 0.25) is 0 Å². The summed E-state index contributed by atoms with van der Waals surface area (Å²) >= 11 is 0. The second kappa shape index (κ2) is 9.80. The predicted octanol–water partition coefficient (Wildman–Crippen LogP) is 3.99. The van der Waals surface area contributed by atoms with Gasteiger partial charge in [0.15, 0.2) is 0 Å². The maximum atomic E-state index is 11.8. The van der Waals surface area contributed by atoms with Crippen LogP contribution in [-0.2, 0) is 16.0 Å². The topological polar surface area (TPSA) is 46.5 Å². The highest BCUT2D eigenvalue weighted by atomic mass is 16.5. The molecular formula is C20H24O3. The smallest absolute Gasteiger partial charge is 0.310 e. The Bertz CT molecular complexity index is 576. The lowest BCUT2D eigenvalue weighted by Gasteiger charge is -2.06. The molecule has 122 valence electrons. The zero-order valence-corrected chi connectivity index (χ0v) is 13.4. The lowest BCUT2D eigenvalue weighted by Crippen LogP contribution is -2.09. The first-order chi connectivity index (χ1) is 11.3. The number of unbranched alkanes of at least 4 members (excludes halogenated alkanes) is 3. The SMILES string of the molecule is O=C(Cc1ccc(-c2ccccc2)cc1)OCCCCCCO. The highest BCUT2D eigenvalue weighted by molar-refractivity contribution is 5.73. The van der Waals surface area contributed by atoms with Crippen molar-refractivity contribution in [3.8, 4) is 11.1 Å². The van der Waals surface area contributed by atoms with Crippen molar-refractivity contribution in [2.24, 2.45) is 0 Å². The second-order valence-corrected chi connectivity index (χ2v) is 5.60. The van der Waals surface area contributed by atoms with Crippen LogP contribution in [0.2, 0.25) is 0 Å². The number of ether oxygens (including phenoxy) is 1. The number of hydrogen-bond donors (Lipinski definition) is 1. The summed E-state index contributed by atoms with van der Waals surface area (Å²) in [5, 5.41) is 8.68. The number of benzene rings is 2. The molecule has 0 radical (unpaired) electrons. The van der Waals surface area contributed by atoms with Gasteiger partial charge < -0.3 is 9.84 Å². The third-order valence-corrected chi connectivity index (χ3v) is 3.73. The quantitative estimate of drug-likeness (QED) is 0.562. The molecule has 3 heteroatoms. The molecule has 0 fully saturated rings. The summed E-state index contributed by atoms with van der Waals surface area (Å²) in [7, 11) is 0. The van der Waals surface area contributed by atoms with Crippen LogP contribution in [0, 0.1) is 0 Å². The monoisotopic (exact) mass is 312 g/mol. The first kappa shape index (κ1) is 17.2. The van der Waals surface area contributed by atoms with E-state index in [2.05, 4.69) is 12.1 Å². The van der Waals surface area contributed by atoms with Crippen LogP contribution in [0.15, 0.2) is 54.6 Å². The van der Waals surface area contributed by atoms with E-state index in [0.29, 0.717) is 13.0 Å². The molecule has 0 bridgehead atoms. The average molecular weight is 312 g/mol. The molecular weight excluding hydrogens is 288 g/mol. The van der Waals surface area contributed by atoms with Gasteiger partial charge in [0.05, 0.1) is 13.0 Å². The van der Waals surface area contributed by atoms with Crippen LogP contribution >= 0.6 is 0 Å². The normalized spacial score (nSPS) is 10.5. The van der Waals surface area contributed by atoms with E-state index >= 15 is 0 Å². The molecule has 0 heterocycles. The van der Waals surface area contributed by atoms with Gasteiger partial charge in [-0.25, -0.2) is 0 Å². The van der Waals surface area contributed by atoms with Crippen molar-refractivity contribution in [2.75, 3.05) is 13.2 Å². The highest BCUT2D eigenvalue weighted by Gasteiger charge is 2.05. The molecule has 23 heavy (non-hydrogen) atoms. The van der Waals surface area contributed by atoms with Crippen molar-refractivity contribution < 1.29 is 14.6 Å². The first-order valence-electron chi connectivity index (χ1n) is 8.20. The molecule has 0 saturated carbocycles. The van der Waals surface area contributed by atoms with Gasteiger partial charge >= 0.3 is 5.97 Å². The standard InChI is InChI=1S/C20H24O3/c21-14-6-1-2-7-15-23-20(22)16-17-10-12-19(13-11-17)18-8-4-3-5-9-18/h3-5,8-13,21H,1-2,6-7,14-16H2. The molecule has 0 atom stereocenters. The molecule has 0 spiro atoms. The van der Waals surface area contributed by atoms with Gasteiger partial charge in [0.1, 0.15) is 0 Å².